The number of hydrogen-bond acceptors (Lipinski definition) is 8. The Morgan fingerprint density at radius 1 is 1.24 bits per heavy atom. The van der Waals surface area contributed by atoms with Gasteiger partial charge in [0, 0.05) is 12.5 Å². The van der Waals surface area contributed by atoms with Gasteiger partial charge in [-0.3, -0.25) is 4.79 Å². The van der Waals surface area contributed by atoms with Crippen LogP contribution in [0.1, 0.15) is 36.7 Å². The number of hydrogen-bond donors (Lipinski definition) is 0. The number of carbonyl (C=O) groups excluding carboxylic acids is 2. The average Bonchev–Trinajstić information content (AvgIpc) is 2.86. The molecule has 1 heterocycles. The monoisotopic (exact) mass is 290 g/mol. The van der Waals surface area contributed by atoms with E-state index in [0.29, 0.717) is 5.56 Å². The second-order valence-electron chi connectivity index (χ2n) is 4.42. The maximum Gasteiger partial charge on any atom is 0.338 e. The van der Waals surface area contributed by atoms with Gasteiger partial charge in [-0.15, -0.1) is 10.2 Å². The predicted octanol–water partition coefficient (Wildman–Crippen LogP) is 2.79. The van der Waals surface area contributed by atoms with Crippen molar-refractivity contribution in [1.82, 2.24) is 0 Å². The van der Waals surface area contributed by atoms with Crippen molar-refractivity contribution in [2.45, 2.75) is 26.4 Å². The van der Waals surface area contributed by atoms with Gasteiger partial charge in [0.15, 0.2) is 0 Å². The molecule has 0 unspecified atom stereocenters. The third-order valence-electron chi connectivity index (χ3n) is 2.78. The summed E-state index contributed by atoms with van der Waals surface area (Å²) < 4.78 is 9.99. The normalized spacial score (nSPS) is 15.0. The molecule has 2 rings (SSSR count). The molecule has 8 heteroatoms. The fourth-order valence-corrected chi connectivity index (χ4v) is 1.89. The lowest BCUT2D eigenvalue weighted by atomic mass is 9.96. The van der Waals surface area contributed by atoms with E-state index in [1.54, 1.807) is 26.0 Å². The minimum absolute atomic E-state index is 0.206. The first-order valence-electron chi connectivity index (χ1n) is 6.30. The van der Waals surface area contributed by atoms with Crippen LogP contribution < -0.4 is 4.74 Å². The zero-order valence-electron chi connectivity index (χ0n) is 11.9. The van der Waals surface area contributed by atoms with E-state index in [0.717, 1.165) is 0 Å². The Morgan fingerprint density at radius 3 is 2.48 bits per heavy atom. The van der Waals surface area contributed by atoms with Crippen LogP contribution in [0.4, 0.5) is 0 Å². The van der Waals surface area contributed by atoms with Crippen LogP contribution in [0, 0.1) is 0 Å². The quantitative estimate of drug-likeness (QED) is 0.628. The standard InChI is InChI=1S/C13H14N4O4/c1-4-20-12(19)10-7-9(21-8(2)18)5-6-11(10)13(3)14-16-17-15-13/h5-7H,4H2,1-3H3. The summed E-state index contributed by atoms with van der Waals surface area (Å²) in [7, 11) is 0. The van der Waals surface area contributed by atoms with Gasteiger partial charge in [0.25, 0.3) is 0 Å². The summed E-state index contributed by atoms with van der Waals surface area (Å²) in [5, 5.41) is 14.8. The average molecular weight is 290 g/mol. The predicted molar refractivity (Wildman–Crippen MR) is 70.8 cm³/mol. The van der Waals surface area contributed by atoms with Crippen molar-refractivity contribution in [2.75, 3.05) is 6.61 Å². The smallest absolute Gasteiger partial charge is 0.338 e. The number of nitrogens with zero attached hydrogens (tertiary/aromatic N) is 4. The fourth-order valence-electron chi connectivity index (χ4n) is 1.89. The molecule has 1 aromatic rings. The van der Waals surface area contributed by atoms with E-state index in [2.05, 4.69) is 20.7 Å². The van der Waals surface area contributed by atoms with Crippen molar-refractivity contribution in [1.29, 1.82) is 0 Å². The van der Waals surface area contributed by atoms with Crippen LogP contribution >= 0.6 is 0 Å². The number of esters is 2. The van der Waals surface area contributed by atoms with Gasteiger partial charge >= 0.3 is 11.9 Å². The summed E-state index contributed by atoms with van der Waals surface area (Å²) in [5.41, 5.74) is -0.406. The molecular formula is C13H14N4O4. The van der Waals surface area contributed by atoms with E-state index in [4.69, 9.17) is 9.47 Å². The summed E-state index contributed by atoms with van der Waals surface area (Å²) in [6.45, 7) is 4.86. The van der Waals surface area contributed by atoms with Crippen LogP contribution in [0.15, 0.2) is 38.9 Å². The minimum Gasteiger partial charge on any atom is -0.462 e. The van der Waals surface area contributed by atoms with Crippen molar-refractivity contribution in [2.24, 2.45) is 20.7 Å². The Labute approximate surface area is 120 Å². The van der Waals surface area contributed by atoms with Crippen molar-refractivity contribution in [3.63, 3.8) is 0 Å². The maximum absolute atomic E-state index is 12.1. The molecule has 0 amide bonds. The highest BCUT2D eigenvalue weighted by Crippen LogP contribution is 2.35. The van der Waals surface area contributed by atoms with Crippen LogP contribution in [0.3, 0.4) is 0 Å². The summed E-state index contributed by atoms with van der Waals surface area (Å²) in [4.78, 5) is 23.1. The highest BCUT2D eigenvalue weighted by Gasteiger charge is 2.34. The molecule has 0 N–H and O–H groups in total. The lowest BCUT2D eigenvalue weighted by molar-refractivity contribution is -0.131. The molecule has 0 atom stereocenters. The third-order valence-corrected chi connectivity index (χ3v) is 2.78. The molecule has 0 saturated carbocycles. The molecule has 110 valence electrons. The maximum atomic E-state index is 12.1. The minimum atomic E-state index is -1.09. The van der Waals surface area contributed by atoms with Gasteiger partial charge in [-0.05, 0) is 42.5 Å². The first-order valence-corrected chi connectivity index (χ1v) is 6.30. The number of rotatable bonds is 4. The van der Waals surface area contributed by atoms with E-state index in [1.807, 2.05) is 0 Å². The first-order chi connectivity index (χ1) is 9.96. The van der Waals surface area contributed by atoms with Gasteiger partial charge < -0.3 is 9.47 Å². The summed E-state index contributed by atoms with van der Waals surface area (Å²) in [5.74, 6) is -0.797. The van der Waals surface area contributed by atoms with Crippen molar-refractivity contribution in [3.05, 3.63) is 29.3 Å². The SMILES string of the molecule is CCOC(=O)c1cc(OC(C)=O)ccc1C1(C)N=NN=N1. The summed E-state index contributed by atoms with van der Waals surface area (Å²) in [6.07, 6.45) is 0. The second kappa shape index (κ2) is 5.78. The van der Waals surface area contributed by atoms with Gasteiger partial charge in [-0.1, -0.05) is 0 Å². The van der Waals surface area contributed by atoms with Gasteiger partial charge in [0.1, 0.15) is 5.75 Å². The molecule has 8 nitrogen and oxygen atoms in total. The Bertz CT molecular complexity index is 627. The van der Waals surface area contributed by atoms with Crippen molar-refractivity contribution in [3.8, 4) is 5.75 Å². The molecule has 0 radical (unpaired) electrons. The van der Waals surface area contributed by atoms with Gasteiger partial charge in [-0.25, -0.2) is 4.79 Å². The van der Waals surface area contributed by atoms with Crippen LogP contribution in [-0.4, -0.2) is 18.5 Å². The fraction of sp³-hybridized carbons (Fsp3) is 0.385. The Morgan fingerprint density at radius 2 is 1.90 bits per heavy atom. The van der Waals surface area contributed by atoms with E-state index >= 15 is 0 Å². The molecule has 0 spiro atoms. The molecule has 0 fully saturated rings. The van der Waals surface area contributed by atoms with Crippen LogP contribution in [0.5, 0.6) is 5.75 Å². The molecule has 0 aromatic heterocycles. The first kappa shape index (κ1) is 14.8. The Hall–Kier alpha value is -2.64. The van der Waals surface area contributed by atoms with Crippen molar-refractivity contribution < 1.29 is 19.1 Å². The van der Waals surface area contributed by atoms with Crippen LogP contribution in [-0.2, 0) is 15.2 Å². The third kappa shape index (κ3) is 3.10. The number of ether oxygens (including phenoxy) is 2. The van der Waals surface area contributed by atoms with E-state index in [-0.39, 0.29) is 17.9 Å². The van der Waals surface area contributed by atoms with Crippen LogP contribution in [0.25, 0.3) is 0 Å². The number of benzene rings is 1. The molecule has 1 aromatic carbocycles. The van der Waals surface area contributed by atoms with Gasteiger partial charge in [0.2, 0.25) is 5.66 Å². The largest absolute Gasteiger partial charge is 0.462 e. The Balaban J connectivity index is 2.49. The van der Waals surface area contributed by atoms with Crippen molar-refractivity contribution >= 4 is 11.9 Å². The van der Waals surface area contributed by atoms with Crippen LogP contribution in [0.2, 0.25) is 0 Å². The lowest BCUT2D eigenvalue weighted by Crippen LogP contribution is -2.19. The summed E-state index contributed by atoms with van der Waals surface area (Å²) >= 11 is 0. The van der Waals surface area contributed by atoms with E-state index in [1.165, 1.54) is 13.0 Å². The topological polar surface area (TPSA) is 102 Å². The zero-order chi connectivity index (χ0) is 15.5. The highest BCUT2D eigenvalue weighted by atomic mass is 16.5. The Kier molecular flexibility index (Phi) is 4.06. The summed E-state index contributed by atoms with van der Waals surface area (Å²) in [6, 6.07) is 4.56. The molecular weight excluding hydrogens is 276 g/mol. The lowest BCUT2D eigenvalue weighted by Gasteiger charge is -2.18. The molecule has 21 heavy (non-hydrogen) atoms. The second-order valence-corrected chi connectivity index (χ2v) is 4.42. The molecule has 0 bridgehead atoms. The van der Waals surface area contributed by atoms with E-state index < -0.39 is 17.6 Å². The number of carbonyl (C=O) groups is 2. The molecule has 0 saturated heterocycles. The van der Waals surface area contributed by atoms with E-state index in [9.17, 15) is 9.59 Å². The molecule has 1 aliphatic rings. The van der Waals surface area contributed by atoms with Gasteiger partial charge in [-0.2, -0.15) is 0 Å². The highest BCUT2D eigenvalue weighted by molar-refractivity contribution is 5.92. The zero-order valence-corrected chi connectivity index (χ0v) is 11.9. The molecule has 1 aliphatic heterocycles. The van der Waals surface area contributed by atoms with Gasteiger partial charge in [0.05, 0.1) is 12.2 Å². The molecule has 0 aliphatic carbocycles.